The van der Waals surface area contributed by atoms with Crippen LogP contribution < -0.4 is 11.0 Å². The molecule has 0 saturated heterocycles. The Bertz CT molecular complexity index is 600. The molecule has 0 amide bonds. The number of likely N-dealkylation sites (N-methyl/N-ethyl adjacent to an activating group) is 1. The Morgan fingerprint density at radius 3 is 2.89 bits per heavy atom. The molecule has 6 nitrogen and oxygen atoms in total. The third-order valence-electron chi connectivity index (χ3n) is 2.56. The summed E-state index contributed by atoms with van der Waals surface area (Å²) in [4.78, 5) is 27.6. The van der Waals surface area contributed by atoms with Gasteiger partial charge in [0.15, 0.2) is 0 Å². The molecule has 1 heterocycles. The van der Waals surface area contributed by atoms with Crippen LogP contribution in [0.15, 0.2) is 23.0 Å². The quantitative estimate of drug-likeness (QED) is 0.659. The number of aromatic nitrogens is 2. The van der Waals surface area contributed by atoms with Crippen LogP contribution >= 0.6 is 0 Å². The van der Waals surface area contributed by atoms with Gasteiger partial charge in [-0.2, -0.15) is 0 Å². The average Bonchev–Trinajstić information content (AvgIpc) is 2.69. The minimum absolute atomic E-state index is 0.212. The Morgan fingerprint density at radius 1 is 1.33 bits per heavy atom. The van der Waals surface area contributed by atoms with Crippen molar-refractivity contribution in [1.29, 1.82) is 0 Å². The minimum Gasteiger partial charge on any atom is -0.464 e. The SMILES string of the molecule is CNCC(=O)OCCc1ccc2[nH]c(=O)[nH]c2c1. The summed E-state index contributed by atoms with van der Waals surface area (Å²) in [5.74, 6) is -0.270. The van der Waals surface area contributed by atoms with Crippen molar-refractivity contribution in [2.45, 2.75) is 6.42 Å². The van der Waals surface area contributed by atoms with Gasteiger partial charge in [0, 0.05) is 6.42 Å². The number of H-pyrrole nitrogens is 2. The van der Waals surface area contributed by atoms with Gasteiger partial charge in [0.2, 0.25) is 0 Å². The molecule has 0 atom stereocenters. The van der Waals surface area contributed by atoms with Crippen LogP contribution in [-0.4, -0.2) is 36.1 Å². The lowest BCUT2D eigenvalue weighted by Gasteiger charge is -2.04. The van der Waals surface area contributed by atoms with Gasteiger partial charge in [-0.15, -0.1) is 0 Å². The Labute approximate surface area is 103 Å². The molecule has 0 fully saturated rings. The third-order valence-corrected chi connectivity index (χ3v) is 2.56. The summed E-state index contributed by atoms with van der Waals surface area (Å²) < 4.78 is 5.02. The van der Waals surface area contributed by atoms with Gasteiger partial charge in [-0.25, -0.2) is 4.79 Å². The van der Waals surface area contributed by atoms with Crippen LogP contribution in [0.2, 0.25) is 0 Å². The van der Waals surface area contributed by atoms with Gasteiger partial charge < -0.3 is 20.0 Å². The second-order valence-corrected chi connectivity index (χ2v) is 3.96. The van der Waals surface area contributed by atoms with Crippen LogP contribution in [0.4, 0.5) is 0 Å². The van der Waals surface area contributed by atoms with Gasteiger partial charge in [-0.05, 0) is 24.7 Å². The van der Waals surface area contributed by atoms with Crippen LogP contribution in [0.3, 0.4) is 0 Å². The molecule has 0 aliphatic heterocycles. The Hall–Kier alpha value is -2.08. The average molecular weight is 249 g/mol. The number of ether oxygens (including phenoxy) is 1. The maximum absolute atomic E-state index is 11.1. The van der Waals surface area contributed by atoms with Crippen molar-refractivity contribution in [3.05, 3.63) is 34.2 Å². The molecule has 2 rings (SSSR count). The second kappa shape index (κ2) is 5.50. The van der Waals surface area contributed by atoms with E-state index in [1.165, 1.54) is 0 Å². The zero-order valence-electron chi connectivity index (χ0n) is 10.1. The largest absolute Gasteiger partial charge is 0.464 e. The third kappa shape index (κ3) is 2.98. The molecule has 0 bridgehead atoms. The number of benzene rings is 1. The van der Waals surface area contributed by atoms with Crippen molar-refractivity contribution in [2.75, 3.05) is 20.2 Å². The molecule has 96 valence electrons. The summed E-state index contributed by atoms with van der Waals surface area (Å²) in [5, 5.41) is 2.72. The predicted octanol–water partition coefficient (Wildman–Crippen LogP) is 0.161. The van der Waals surface area contributed by atoms with Gasteiger partial charge in [0.1, 0.15) is 0 Å². The summed E-state index contributed by atoms with van der Waals surface area (Å²) >= 11 is 0. The summed E-state index contributed by atoms with van der Waals surface area (Å²) in [6, 6.07) is 5.61. The van der Waals surface area contributed by atoms with Gasteiger partial charge in [-0.1, -0.05) is 6.07 Å². The van der Waals surface area contributed by atoms with Crippen molar-refractivity contribution in [2.24, 2.45) is 0 Å². The smallest absolute Gasteiger partial charge is 0.323 e. The summed E-state index contributed by atoms with van der Waals surface area (Å²) in [6.07, 6.45) is 0.624. The van der Waals surface area contributed by atoms with Crippen LogP contribution in [0.5, 0.6) is 0 Å². The molecule has 0 aliphatic rings. The highest BCUT2D eigenvalue weighted by Crippen LogP contribution is 2.10. The van der Waals surface area contributed by atoms with E-state index in [0.717, 1.165) is 16.6 Å². The lowest BCUT2D eigenvalue weighted by atomic mass is 10.1. The number of imidazole rings is 1. The molecule has 1 aromatic carbocycles. The van der Waals surface area contributed by atoms with Crippen LogP contribution in [0.1, 0.15) is 5.56 Å². The summed E-state index contributed by atoms with van der Waals surface area (Å²) in [7, 11) is 1.69. The first-order valence-corrected chi connectivity index (χ1v) is 5.70. The molecule has 0 saturated carbocycles. The maximum atomic E-state index is 11.1. The predicted molar refractivity (Wildman–Crippen MR) is 67.5 cm³/mol. The highest BCUT2D eigenvalue weighted by Gasteiger charge is 2.02. The number of fused-ring (bicyclic) bond motifs is 1. The molecular formula is C12H15N3O3. The lowest BCUT2D eigenvalue weighted by molar-refractivity contribution is -0.142. The molecule has 18 heavy (non-hydrogen) atoms. The maximum Gasteiger partial charge on any atom is 0.323 e. The molecule has 2 aromatic rings. The van der Waals surface area contributed by atoms with E-state index < -0.39 is 0 Å². The summed E-state index contributed by atoms with van der Waals surface area (Å²) in [6.45, 7) is 0.546. The van der Waals surface area contributed by atoms with E-state index in [1.807, 2.05) is 18.2 Å². The fraction of sp³-hybridized carbons (Fsp3) is 0.333. The highest BCUT2D eigenvalue weighted by molar-refractivity contribution is 5.75. The first-order chi connectivity index (χ1) is 8.69. The Morgan fingerprint density at radius 2 is 2.11 bits per heavy atom. The number of carbonyl (C=O) groups is 1. The van der Waals surface area contributed by atoms with Crippen LogP contribution in [0, 0.1) is 0 Å². The van der Waals surface area contributed by atoms with Crippen molar-refractivity contribution in [3.63, 3.8) is 0 Å². The van der Waals surface area contributed by atoms with Crippen molar-refractivity contribution >= 4 is 17.0 Å². The Kier molecular flexibility index (Phi) is 3.78. The molecule has 3 N–H and O–H groups in total. The molecule has 6 heteroatoms. The highest BCUT2D eigenvalue weighted by atomic mass is 16.5. The van der Waals surface area contributed by atoms with E-state index in [2.05, 4.69) is 15.3 Å². The van der Waals surface area contributed by atoms with Gasteiger partial charge in [0.05, 0.1) is 24.2 Å². The molecule has 0 radical (unpaired) electrons. The molecule has 0 spiro atoms. The normalized spacial score (nSPS) is 10.7. The van der Waals surface area contributed by atoms with Crippen molar-refractivity contribution in [3.8, 4) is 0 Å². The topological polar surface area (TPSA) is 87.0 Å². The lowest BCUT2D eigenvalue weighted by Crippen LogP contribution is -2.21. The van der Waals surface area contributed by atoms with E-state index in [4.69, 9.17) is 4.74 Å². The van der Waals surface area contributed by atoms with Crippen molar-refractivity contribution in [1.82, 2.24) is 15.3 Å². The van der Waals surface area contributed by atoms with E-state index in [1.54, 1.807) is 7.05 Å². The number of hydrogen-bond donors (Lipinski definition) is 3. The number of carbonyl (C=O) groups excluding carboxylic acids is 1. The van der Waals surface area contributed by atoms with E-state index in [-0.39, 0.29) is 18.2 Å². The Balaban J connectivity index is 1.95. The minimum atomic E-state index is -0.270. The van der Waals surface area contributed by atoms with Gasteiger partial charge >= 0.3 is 11.7 Å². The van der Waals surface area contributed by atoms with E-state index >= 15 is 0 Å². The number of nitrogens with one attached hydrogen (secondary N) is 3. The summed E-state index contributed by atoms with van der Waals surface area (Å²) in [5.41, 5.74) is 2.33. The number of esters is 1. The fourth-order valence-corrected chi connectivity index (χ4v) is 1.71. The number of rotatable bonds is 5. The monoisotopic (exact) mass is 249 g/mol. The fourth-order valence-electron chi connectivity index (χ4n) is 1.71. The van der Waals surface area contributed by atoms with Crippen molar-refractivity contribution < 1.29 is 9.53 Å². The van der Waals surface area contributed by atoms with Gasteiger partial charge in [-0.3, -0.25) is 4.79 Å². The molecule has 1 aromatic heterocycles. The van der Waals surface area contributed by atoms with Crippen LogP contribution in [0.25, 0.3) is 11.0 Å². The molecule has 0 aliphatic carbocycles. The number of aromatic amines is 2. The number of hydrogen-bond acceptors (Lipinski definition) is 4. The molecule has 0 unspecified atom stereocenters. The first-order valence-electron chi connectivity index (χ1n) is 5.70. The first kappa shape index (κ1) is 12.4. The zero-order valence-corrected chi connectivity index (χ0v) is 10.1. The van der Waals surface area contributed by atoms with E-state index in [9.17, 15) is 9.59 Å². The van der Waals surface area contributed by atoms with E-state index in [0.29, 0.717) is 13.0 Å². The standard InChI is InChI=1S/C12H15N3O3/c1-13-7-11(16)18-5-4-8-2-3-9-10(6-8)15-12(17)14-9/h2-3,6,13H,4-5,7H2,1H3,(H2,14,15,17). The zero-order chi connectivity index (χ0) is 13.0. The van der Waals surface area contributed by atoms with Crippen LogP contribution in [-0.2, 0) is 16.0 Å². The molecular weight excluding hydrogens is 234 g/mol. The van der Waals surface area contributed by atoms with Gasteiger partial charge in [0.25, 0.3) is 0 Å². The second-order valence-electron chi connectivity index (χ2n) is 3.96.